The average Bonchev–Trinajstić information content (AvgIpc) is 3.62. The van der Waals surface area contributed by atoms with Gasteiger partial charge in [0.05, 0.1) is 18.2 Å². The topological polar surface area (TPSA) is 149 Å². The number of fused-ring (bicyclic) bond motifs is 1. The minimum atomic E-state index is -0.637. The number of carbonyl (C=O) groups is 2. The zero-order valence-corrected chi connectivity index (χ0v) is 22.9. The van der Waals surface area contributed by atoms with Gasteiger partial charge in [-0.15, -0.1) is 0 Å². The summed E-state index contributed by atoms with van der Waals surface area (Å²) in [5.41, 5.74) is 6.10. The Balaban J connectivity index is 1.53. The number of hydrogen-bond acceptors (Lipinski definition) is 8. The lowest BCUT2D eigenvalue weighted by molar-refractivity contribution is -0.119. The van der Waals surface area contributed by atoms with Gasteiger partial charge in [-0.1, -0.05) is 24.3 Å². The highest BCUT2D eigenvalue weighted by molar-refractivity contribution is 6.05. The average molecular weight is 549 g/mol. The van der Waals surface area contributed by atoms with Crippen LogP contribution >= 0.6 is 0 Å². The number of para-hydroxylation sites is 1. The Labute approximate surface area is 231 Å². The normalized spacial score (nSPS) is 19.5. The smallest absolute Gasteiger partial charge is 0.332 e. The summed E-state index contributed by atoms with van der Waals surface area (Å²) in [6.45, 7) is 4.48. The second-order valence-electron chi connectivity index (χ2n) is 10.5. The Hall–Kier alpha value is -4.03. The number of piperidine rings is 1. The van der Waals surface area contributed by atoms with Crippen molar-refractivity contribution in [2.45, 2.75) is 45.3 Å². The Bertz CT molecular complexity index is 1580. The zero-order valence-electron chi connectivity index (χ0n) is 22.9. The van der Waals surface area contributed by atoms with Crippen molar-refractivity contribution in [3.63, 3.8) is 0 Å². The molecular weight excluding hydrogens is 512 g/mol. The summed E-state index contributed by atoms with van der Waals surface area (Å²) < 4.78 is 4.05. The maximum Gasteiger partial charge on any atom is 0.332 e. The fourth-order valence-electron chi connectivity index (χ4n) is 5.49. The van der Waals surface area contributed by atoms with E-state index in [1.807, 2.05) is 19.1 Å². The summed E-state index contributed by atoms with van der Waals surface area (Å²) in [6, 6.07) is 6.65. The molecule has 212 valence electrons. The van der Waals surface area contributed by atoms with Crippen molar-refractivity contribution in [2.75, 3.05) is 36.4 Å². The van der Waals surface area contributed by atoms with Gasteiger partial charge in [0.2, 0.25) is 11.9 Å². The molecule has 2 saturated heterocycles. The van der Waals surface area contributed by atoms with Gasteiger partial charge >= 0.3 is 5.69 Å². The number of imidazole rings is 1. The first-order valence-corrected chi connectivity index (χ1v) is 13.8. The van der Waals surface area contributed by atoms with Crippen molar-refractivity contribution in [3.8, 4) is 0 Å². The molecule has 2 aliphatic rings. The van der Waals surface area contributed by atoms with Crippen LogP contribution in [0.2, 0.25) is 0 Å². The molecule has 40 heavy (non-hydrogen) atoms. The number of anilines is 2. The maximum atomic E-state index is 13.8. The Morgan fingerprint density at radius 2 is 2.00 bits per heavy atom. The largest absolute Gasteiger partial charge is 0.341 e. The number of amides is 1. The molecule has 2 atom stereocenters. The fraction of sp³-hybridized carbons (Fsp3) is 0.464. The van der Waals surface area contributed by atoms with Crippen LogP contribution in [0.1, 0.15) is 36.5 Å². The molecule has 12 nitrogen and oxygen atoms in total. The van der Waals surface area contributed by atoms with Gasteiger partial charge < -0.3 is 25.8 Å². The number of rotatable bonds is 8. The number of carbonyl (C=O) groups excluding carboxylic acids is 2. The van der Waals surface area contributed by atoms with Gasteiger partial charge in [0.15, 0.2) is 16.9 Å². The number of nitrogens with one attached hydrogen (secondary N) is 2. The molecule has 4 N–H and O–H groups in total. The number of hydrogen-bond donors (Lipinski definition) is 3. The van der Waals surface area contributed by atoms with Crippen molar-refractivity contribution in [2.24, 2.45) is 18.7 Å². The predicted octanol–water partition coefficient (Wildman–Crippen LogP) is 0.831. The lowest BCUT2D eigenvalue weighted by Gasteiger charge is -2.31. The van der Waals surface area contributed by atoms with E-state index in [4.69, 9.17) is 10.7 Å². The van der Waals surface area contributed by atoms with E-state index in [2.05, 4.69) is 15.5 Å². The number of benzene rings is 1. The standard InChI is InChI=1S/C28H36N8O4/c1-3-4-14-35-23-24(32-27(35)34-13-7-8-19(29)16-34)33(2)28(40)36(26(23)39)17-22(37)20-9-5-6-10-21(20)31-25(38)18-11-12-30-15-18/h3-6,9-10,18-19,30H,7-8,11-17,29H2,1-2H3,(H,31,38). The molecular formula is C28H36N8O4. The monoisotopic (exact) mass is 548 g/mol. The molecule has 4 heterocycles. The second-order valence-corrected chi connectivity index (χ2v) is 10.5. The summed E-state index contributed by atoms with van der Waals surface area (Å²) in [4.78, 5) is 60.2. The van der Waals surface area contributed by atoms with Gasteiger partial charge in [-0.25, -0.2) is 4.79 Å². The Morgan fingerprint density at radius 3 is 2.73 bits per heavy atom. The molecule has 0 spiro atoms. The minimum Gasteiger partial charge on any atom is -0.341 e. The first kappa shape index (κ1) is 27.5. The first-order chi connectivity index (χ1) is 19.3. The third-order valence-electron chi connectivity index (χ3n) is 7.69. The van der Waals surface area contributed by atoms with E-state index in [1.165, 1.54) is 4.57 Å². The summed E-state index contributed by atoms with van der Waals surface area (Å²) in [5, 5.41) is 6.02. The number of nitrogens with zero attached hydrogens (tertiary/aromatic N) is 5. The molecule has 0 saturated carbocycles. The summed E-state index contributed by atoms with van der Waals surface area (Å²) in [6.07, 6.45) is 6.33. The maximum absolute atomic E-state index is 13.8. The molecule has 3 aromatic rings. The van der Waals surface area contributed by atoms with E-state index in [9.17, 15) is 19.2 Å². The highest BCUT2D eigenvalue weighted by Crippen LogP contribution is 2.23. The molecule has 1 amide bonds. The first-order valence-electron chi connectivity index (χ1n) is 13.8. The lowest BCUT2D eigenvalue weighted by atomic mass is 10.1. The van der Waals surface area contributed by atoms with Gasteiger partial charge in [0.25, 0.3) is 5.56 Å². The summed E-state index contributed by atoms with van der Waals surface area (Å²) >= 11 is 0. The van der Waals surface area contributed by atoms with Crippen molar-refractivity contribution >= 4 is 34.5 Å². The highest BCUT2D eigenvalue weighted by atomic mass is 16.2. The summed E-state index contributed by atoms with van der Waals surface area (Å²) in [7, 11) is 1.55. The molecule has 2 unspecified atom stereocenters. The molecule has 0 bridgehead atoms. The number of ketones is 1. The van der Waals surface area contributed by atoms with Crippen molar-refractivity contribution in [1.82, 2.24) is 24.0 Å². The molecule has 2 aliphatic heterocycles. The van der Waals surface area contributed by atoms with Crippen LogP contribution < -0.4 is 32.5 Å². The number of allylic oxidation sites excluding steroid dienone is 2. The van der Waals surface area contributed by atoms with Gasteiger partial charge in [0, 0.05) is 44.8 Å². The highest BCUT2D eigenvalue weighted by Gasteiger charge is 2.27. The van der Waals surface area contributed by atoms with Crippen LogP contribution in [-0.4, -0.2) is 62.6 Å². The van der Waals surface area contributed by atoms with E-state index >= 15 is 0 Å². The number of nitrogens with two attached hydrogens (primary N) is 1. The van der Waals surface area contributed by atoms with Gasteiger partial charge in [0.1, 0.15) is 0 Å². The molecule has 12 heteroatoms. The third kappa shape index (κ3) is 5.24. The fourth-order valence-corrected chi connectivity index (χ4v) is 5.49. The van der Waals surface area contributed by atoms with Crippen LogP contribution in [-0.2, 0) is 24.9 Å². The molecule has 0 radical (unpaired) electrons. The molecule has 5 rings (SSSR count). The van der Waals surface area contributed by atoms with Crippen LogP contribution in [0.3, 0.4) is 0 Å². The van der Waals surface area contributed by atoms with E-state index in [1.54, 1.807) is 35.9 Å². The second kappa shape index (κ2) is 11.6. The SMILES string of the molecule is CC=CCn1c(N2CCCC(N)C2)nc2c1c(=O)n(CC(=O)c1ccccc1NC(=O)C1CCNC1)c(=O)n2C. The molecule has 0 aliphatic carbocycles. The van der Waals surface area contributed by atoms with E-state index in [0.717, 1.165) is 36.9 Å². The van der Waals surface area contributed by atoms with Crippen LogP contribution in [0.25, 0.3) is 11.2 Å². The molecule has 2 aromatic heterocycles. The van der Waals surface area contributed by atoms with E-state index in [0.29, 0.717) is 31.3 Å². The van der Waals surface area contributed by atoms with Crippen molar-refractivity contribution in [1.29, 1.82) is 0 Å². The predicted molar refractivity (Wildman–Crippen MR) is 154 cm³/mol. The van der Waals surface area contributed by atoms with Crippen LogP contribution in [0.15, 0.2) is 46.0 Å². The third-order valence-corrected chi connectivity index (χ3v) is 7.69. The lowest BCUT2D eigenvalue weighted by Crippen LogP contribution is -2.44. The number of aromatic nitrogens is 4. The number of aryl methyl sites for hydroxylation is 1. The zero-order chi connectivity index (χ0) is 28.4. The van der Waals surface area contributed by atoms with E-state index < -0.39 is 23.6 Å². The van der Waals surface area contributed by atoms with Crippen LogP contribution in [0.4, 0.5) is 11.6 Å². The van der Waals surface area contributed by atoms with E-state index in [-0.39, 0.29) is 34.6 Å². The molecule has 1 aromatic carbocycles. The van der Waals surface area contributed by atoms with Crippen LogP contribution in [0.5, 0.6) is 0 Å². The quantitative estimate of drug-likeness (QED) is 0.277. The number of Topliss-reactive ketones (excluding diaryl/α,β-unsaturated/α-hetero) is 1. The Morgan fingerprint density at radius 1 is 1.20 bits per heavy atom. The van der Waals surface area contributed by atoms with Crippen molar-refractivity contribution in [3.05, 3.63) is 62.8 Å². The summed E-state index contributed by atoms with van der Waals surface area (Å²) in [5.74, 6) is -0.228. The Kier molecular flexibility index (Phi) is 7.99. The van der Waals surface area contributed by atoms with Crippen molar-refractivity contribution < 1.29 is 9.59 Å². The van der Waals surface area contributed by atoms with Crippen LogP contribution in [0, 0.1) is 5.92 Å². The van der Waals surface area contributed by atoms with Gasteiger partial charge in [-0.05, 0) is 44.9 Å². The molecule has 2 fully saturated rings. The minimum absolute atomic E-state index is 0.00711. The van der Waals surface area contributed by atoms with Gasteiger partial charge in [-0.2, -0.15) is 4.98 Å². The van der Waals surface area contributed by atoms with Gasteiger partial charge in [-0.3, -0.25) is 23.5 Å².